The molecule has 5 heteroatoms. The molecule has 0 saturated carbocycles. The van der Waals surface area contributed by atoms with Gasteiger partial charge < -0.3 is 4.42 Å². The van der Waals surface area contributed by atoms with Crippen molar-refractivity contribution in [2.45, 2.75) is 39.4 Å². The van der Waals surface area contributed by atoms with E-state index in [1.54, 1.807) is 28.9 Å². The molecule has 3 nitrogen and oxygen atoms in total. The van der Waals surface area contributed by atoms with E-state index >= 15 is 0 Å². The van der Waals surface area contributed by atoms with E-state index in [0.717, 1.165) is 31.1 Å². The number of furan rings is 1. The molecule has 0 amide bonds. The highest BCUT2D eigenvalue weighted by Gasteiger charge is 2.13. The fraction of sp³-hybridized carbons (Fsp3) is 0.353. The van der Waals surface area contributed by atoms with Crippen LogP contribution in [0.25, 0.3) is 0 Å². The lowest BCUT2D eigenvalue weighted by molar-refractivity contribution is 0.226. The number of hydrogen-bond acceptors (Lipinski definition) is 5. The minimum atomic E-state index is 0.495. The Morgan fingerprint density at radius 3 is 2.68 bits per heavy atom. The molecular formula is C17H20N2OS2. The van der Waals surface area contributed by atoms with Gasteiger partial charge in [-0.05, 0) is 23.6 Å². The number of hydrogen-bond donors (Lipinski definition) is 0. The standard InChI is InChI=1S/C17H20N2OS2/c1-13(2)17-18-14(12-22-17)9-19(10-15-5-3-7-20-15)11-16-6-4-8-21-16/h3-8,12-13H,9-11H2,1-2H3. The average Bonchev–Trinajstić information content (AvgIpc) is 3.19. The quantitative estimate of drug-likeness (QED) is 0.601. The molecule has 0 N–H and O–H groups in total. The van der Waals surface area contributed by atoms with Gasteiger partial charge in [-0.2, -0.15) is 0 Å². The van der Waals surface area contributed by atoms with Crippen LogP contribution in [0.3, 0.4) is 0 Å². The van der Waals surface area contributed by atoms with Gasteiger partial charge >= 0.3 is 0 Å². The SMILES string of the molecule is CC(C)c1nc(CN(Cc2ccco2)Cc2cccs2)cs1. The highest BCUT2D eigenvalue weighted by Crippen LogP contribution is 2.22. The Labute approximate surface area is 139 Å². The minimum absolute atomic E-state index is 0.495. The number of aromatic nitrogens is 1. The predicted molar refractivity (Wildman–Crippen MR) is 92.2 cm³/mol. The van der Waals surface area contributed by atoms with Gasteiger partial charge in [0.05, 0.1) is 23.5 Å². The molecule has 116 valence electrons. The molecule has 0 aliphatic heterocycles. The summed E-state index contributed by atoms with van der Waals surface area (Å²) in [5, 5.41) is 5.52. The zero-order valence-electron chi connectivity index (χ0n) is 12.9. The summed E-state index contributed by atoms with van der Waals surface area (Å²) in [6, 6.07) is 8.26. The van der Waals surface area contributed by atoms with Crippen LogP contribution in [-0.2, 0) is 19.6 Å². The third kappa shape index (κ3) is 4.06. The van der Waals surface area contributed by atoms with E-state index in [2.05, 4.69) is 41.6 Å². The average molecular weight is 332 g/mol. The Morgan fingerprint density at radius 2 is 2.05 bits per heavy atom. The highest BCUT2D eigenvalue weighted by atomic mass is 32.1. The lowest BCUT2D eigenvalue weighted by Crippen LogP contribution is -2.22. The fourth-order valence-corrected chi connectivity index (χ4v) is 3.88. The van der Waals surface area contributed by atoms with Gasteiger partial charge in [0.15, 0.2) is 0 Å². The van der Waals surface area contributed by atoms with Crippen molar-refractivity contribution < 1.29 is 4.42 Å². The molecule has 0 aromatic carbocycles. The number of thiazole rings is 1. The summed E-state index contributed by atoms with van der Waals surface area (Å²) in [6.45, 7) is 6.96. The van der Waals surface area contributed by atoms with E-state index in [9.17, 15) is 0 Å². The monoisotopic (exact) mass is 332 g/mol. The third-order valence-electron chi connectivity index (χ3n) is 3.37. The first kappa shape index (κ1) is 15.5. The Balaban J connectivity index is 1.71. The van der Waals surface area contributed by atoms with Crippen LogP contribution in [0.2, 0.25) is 0 Å². The number of nitrogens with zero attached hydrogens (tertiary/aromatic N) is 2. The van der Waals surface area contributed by atoms with Crippen LogP contribution in [0, 0.1) is 0 Å². The summed E-state index contributed by atoms with van der Waals surface area (Å²) < 4.78 is 5.51. The van der Waals surface area contributed by atoms with E-state index in [1.807, 2.05) is 12.1 Å². The maximum absolute atomic E-state index is 5.51. The summed E-state index contributed by atoms with van der Waals surface area (Å²) in [6.07, 6.45) is 1.73. The molecule has 3 heterocycles. The van der Waals surface area contributed by atoms with Gasteiger partial charge in [0, 0.05) is 29.3 Å². The first-order chi connectivity index (χ1) is 10.7. The van der Waals surface area contributed by atoms with Crippen LogP contribution in [0.4, 0.5) is 0 Å². The molecule has 0 aliphatic rings. The number of thiophene rings is 1. The molecular weight excluding hydrogens is 312 g/mol. The van der Waals surface area contributed by atoms with E-state index in [4.69, 9.17) is 9.40 Å². The van der Waals surface area contributed by atoms with E-state index < -0.39 is 0 Å². The van der Waals surface area contributed by atoms with Gasteiger partial charge in [0.2, 0.25) is 0 Å². The van der Waals surface area contributed by atoms with Crippen LogP contribution < -0.4 is 0 Å². The molecule has 3 rings (SSSR count). The summed E-state index contributed by atoms with van der Waals surface area (Å²) in [5.41, 5.74) is 1.15. The Bertz CT molecular complexity index is 635. The molecule has 0 spiro atoms. The van der Waals surface area contributed by atoms with Crippen molar-refractivity contribution in [3.8, 4) is 0 Å². The molecule has 0 atom stereocenters. The Kier molecular flexibility index (Phi) is 5.08. The van der Waals surface area contributed by atoms with Gasteiger partial charge in [0.1, 0.15) is 5.76 Å². The van der Waals surface area contributed by atoms with Crippen molar-refractivity contribution in [1.29, 1.82) is 0 Å². The van der Waals surface area contributed by atoms with Gasteiger partial charge in [-0.3, -0.25) is 4.90 Å². The van der Waals surface area contributed by atoms with Crippen molar-refractivity contribution in [2.24, 2.45) is 0 Å². The van der Waals surface area contributed by atoms with E-state index in [-0.39, 0.29) is 0 Å². The van der Waals surface area contributed by atoms with Crippen LogP contribution in [0.5, 0.6) is 0 Å². The molecule has 3 aromatic rings. The molecule has 0 saturated heterocycles. The zero-order valence-corrected chi connectivity index (χ0v) is 14.5. The normalized spacial score (nSPS) is 11.6. The van der Waals surface area contributed by atoms with Crippen LogP contribution in [-0.4, -0.2) is 9.88 Å². The molecule has 22 heavy (non-hydrogen) atoms. The Hall–Kier alpha value is -1.43. The second-order valence-electron chi connectivity index (χ2n) is 5.64. The van der Waals surface area contributed by atoms with Gasteiger partial charge in [-0.25, -0.2) is 4.98 Å². The van der Waals surface area contributed by atoms with E-state index in [0.29, 0.717) is 5.92 Å². The highest BCUT2D eigenvalue weighted by molar-refractivity contribution is 7.10. The second-order valence-corrected chi connectivity index (χ2v) is 7.56. The fourth-order valence-electron chi connectivity index (χ4n) is 2.30. The van der Waals surface area contributed by atoms with Crippen molar-refractivity contribution >= 4 is 22.7 Å². The molecule has 3 aromatic heterocycles. The largest absolute Gasteiger partial charge is 0.468 e. The van der Waals surface area contributed by atoms with Crippen molar-refractivity contribution in [1.82, 2.24) is 9.88 Å². The zero-order chi connectivity index (χ0) is 15.4. The molecule has 0 aliphatic carbocycles. The number of rotatable bonds is 7. The summed E-state index contributed by atoms with van der Waals surface area (Å²) in [4.78, 5) is 8.50. The summed E-state index contributed by atoms with van der Waals surface area (Å²) in [7, 11) is 0. The topological polar surface area (TPSA) is 29.3 Å². The van der Waals surface area contributed by atoms with Crippen LogP contribution in [0.1, 0.15) is 41.1 Å². The minimum Gasteiger partial charge on any atom is -0.468 e. The Morgan fingerprint density at radius 1 is 1.14 bits per heavy atom. The van der Waals surface area contributed by atoms with Crippen molar-refractivity contribution in [2.75, 3.05) is 0 Å². The second kappa shape index (κ2) is 7.22. The maximum Gasteiger partial charge on any atom is 0.117 e. The van der Waals surface area contributed by atoms with Gasteiger partial charge in [-0.1, -0.05) is 19.9 Å². The first-order valence-corrected chi connectivity index (χ1v) is 9.18. The maximum atomic E-state index is 5.51. The van der Waals surface area contributed by atoms with Crippen LogP contribution in [0.15, 0.2) is 45.7 Å². The smallest absolute Gasteiger partial charge is 0.117 e. The molecule has 0 radical (unpaired) electrons. The molecule has 0 bridgehead atoms. The van der Waals surface area contributed by atoms with E-state index in [1.165, 1.54) is 9.88 Å². The van der Waals surface area contributed by atoms with Crippen LogP contribution >= 0.6 is 22.7 Å². The van der Waals surface area contributed by atoms with Gasteiger partial charge in [0.25, 0.3) is 0 Å². The predicted octanol–water partition coefficient (Wildman–Crippen LogP) is 5.12. The van der Waals surface area contributed by atoms with Crippen molar-refractivity contribution in [3.05, 3.63) is 62.6 Å². The van der Waals surface area contributed by atoms with Gasteiger partial charge in [-0.15, -0.1) is 22.7 Å². The van der Waals surface area contributed by atoms with Crippen molar-refractivity contribution in [3.63, 3.8) is 0 Å². The summed E-state index contributed by atoms with van der Waals surface area (Å²) in [5.74, 6) is 1.49. The molecule has 0 fully saturated rings. The lowest BCUT2D eigenvalue weighted by Gasteiger charge is -2.19. The first-order valence-electron chi connectivity index (χ1n) is 7.42. The summed E-state index contributed by atoms with van der Waals surface area (Å²) >= 11 is 3.55. The third-order valence-corrected chi connectivity index (χ3v) is 5.42. The molecule has 0 unspecified atom stereocenters. The lowest BCUT2D eigenvalue weighted by atomic mass is 10.2.